The maximum absolute atomic E-state index is 13.3. The highest BCUT2D eigenvalue weighted by Crippen LogP contribution is 2.24. The van der Waals surface area contributed by atoms with Crippen molar-refractivity contribution in [1.29, 1.82) is 0 Å². The highest BCUT2D eigenvalue weighted by molar-refractivity contribution is 9.10. The molecule has 88 valence electrons. The molecule has 0 unspecified atom stereocenters. The van der Waals surface area contributed by atoms with Crippen LogP contribution in [0.25, 0.3) is 0 Å². The fourth-order valence-electron chi connectivity index (χ4n) is 0.936. The van der Waals surface area contributed by atoms with Crippen LogP contribution in [0.2, 0.25) is 0 Å². The zero-order chi connectivity index (χ0) is 12.5. The molecule has 0 aromatic heterocycles. The van der Waals surface area contributed by atoms with E-state index in [1.807, 2.05) is 0 Å². The van der Waals surface area contributed by atoms with Crippen LogP contribution in [0.1, 0.15) is 13.8 Å². The lowest BCUT2D eigenvalue weighted by Crippen LogP contribution is -2.45. The number of hydrogen-bond donors (Lipinski definition) is 2. The van der Waals surface area contributed by atoms with Gasteiger partial charge in [0.2, 0.25) is 5.91 Å². The van der Waals surface area contributed by atoms with E-state index in [0.717, 1.165) is 12.1 Å². The van der Waals surface area contributed by atoms with E-state index in [-0.39, 0.29) is 4.47 Å². The van der Waals surface area contributed by atoms with Gasteiger partial charge in [-0.2, -0.15) is 0 Å². The minimum Gasteiger partial charge on any atom is -0.320 e. The number of hydrogen-bond acceptors (Lipinski definition) is 2. The number of carbonyl (C=O) groups excluding carboxylic acids is 1. The highest BCUT2D eigenvalue weighted by Gasteiger charge is 2.24. The minimum atomic E-state index is -1.20. The van der Waals surface area contributed by atoms with Gasteiger partial charge < -0.3 is 11.1 Å². The van der Waals surface area contributed by atoms with Gasteiger partial charge >= 0.3 is 0 Å². The van der Waals surface area contributed by atoms with Crippen molar-refractivity contribution >= 4 is 27.5 Å². The largest absolute Gasteiger partial charge is 0.320 e. The number of halogens is 3. The van der Waals surface area contributed by atoms with Gasteiger partial charge in [-0.3, -0.25) is 4.79 Å². The Labute approximate surface area is 100 Å². The molecule has 1 rings (SSSR count). The molecule has 0 saturated carbocycles. The van der Waals surface area contributed by atoms with E-state index in [1.54, 1.807) is 0 Å². The smallest absolute Gasteiger partial charge is 0.244 e. The lowest BCUT2D eigenvalue weighted by atomic mass is 10.1. The molecule has 6 heteroatoms. The molecule has 0 fully saturated rings. The van der Waals surface area contributed by atoms with Gasteiger partial charge in [-0.25, -0.2) is 8.78 Å². The standard InChI is InChI=1S/C10H11BrF2N2O/c1-10(2,14)9(16)15-8-6(12)3-5(11)4-7(8)13/h3-4H,14H2,1-2H3,(H,15,16). The van der Waals surface area contributed by atoms with E-state index in [1.165, 1.54) is 13.8 Å². The average Bonchev–Trinajstić information content (AvgIpc) is 2.08. The Morgan fingerprint density at radius 2 is 1.81 bits per heavy atom. The summed E-state index contributed by atoms with van der Waals surface area (Å²) in [7, 11) is 0. The van der Waals surface area contributed by atoms with E-state index in [4.69, 9.17) is 5.73 Å². The topological polar surface area (TPSA) is 55.1 Å². The van der Waals surface area contributed by atoms with Crippen molar-refractivity contribution in [2.45, 2.75) is 19.4 Å². The zero-order valence-electron chi connectivity index (χ0n) is 8.77. The number of anilines is 1. The van der Waals surface area contributed by atoms with Crippen molar-refractivity contribution in [2.24, 2.45) is 5.73 Å². The van der Waals surface area contributed by atoms with Gasteiger partial charge in [0, 0.05) is 4.47 Å². The molecule has 0 aliphatic heterocycles. The Morgan fingerprint density at radius 1 is 1.38 bits per heavy atom. The van der Waals surface area contributed by atoms with Gasteiger partial charge in [-0.05, 0) is 26.0 Å². The van der Waals surface area contributed by atoms with Crippen LogP contribution in [0, 0.1) is 11.6 Å². The van der Waals surface area contributed by atoms with Crippen molar-refractivity contribution in [2.75, 3.05) is 5.32 Å². The third-order valence-electron chi connectivity index (χ3n) is 1.83. The third kappa shape index (κ3) is 2.99. The molecule has 3 nitrogen and oxygen atoms in total. The number of carbonyl (C=O) groups is 1. The van der Waals surface area contributed by atoms with Gasteiger partial charge in [0.15, 0.2) is 11.6 Å². The molecule has 0 bridgehead atoms. The van der Waals surface area contributed by atoms with E-state index < -0.39 is 28.8 Å². The molecule has 0 atom stereocenters. The van der Waals surface area contributed by atoms with E-state index in [0.29, 0.717) is 0 Å². The van der Waals surface area contributed by atoms with Crippen LogP contribution in [0.15, 0.2) is 16.6 Å². The molecule has 16 heavy (non-hydrogen) atoms. The van der Waals surface area contributed by atoms with Crippen molar-refractivity contribution in [3.8, 4) is 0 Å². The normalized spacial score (nSPS) is 11.4. The summed E-state index contributed by atoms with van der Waals surface area (Å²) in [5.74, 6) is -2.37. The summed E-state index contributed by atoms with van der Waals surface area (Å²) in [6, 6.07) is 2.12. The molecular formula is C10H11BrF2N2O. The molecule has 0 aliphatic carbocycles. The Bertz CT molecular complexity index is 406. The SMILES string of the molecule is CC(C)(N)C(=O)Nc1c(F)cc(Br)cc1F. The van der Waals surface area contributed by atoms with E-state index in [2.05, 4.69) is 21.2 Å². The summed E-state index contributed by atoms with van der Waals surface area (Å²) < 4.78 is 26.9. The maximum atomic E-state index is 13.3. The number of benzene rings is 1. The fourth-order valence-corrected chi connectivity index (χ4v) is 1.34. The van der Waals surface area contributed by atoms with Crippen LogP contribution >= 0.6 is 15.9 Å². The van der Waals surface area contributed by atoms with Gasteiger partial charge in [0.05, 0.1) is 5.54 Å². The molecule has 1 aromatic rings. The Kier molecular flexibility index (Phi) is 3.64. The summed E-state index contributed by atoms with van der Waals surface area (Å²) in [6.07, 6.45) is 0. The van der Waals surface area contributed by atoms with Crippen molar-refractivity contribution in [3.05, 3.63) is 28.2 Å². The minimum absolute atomic E-state index is 0.257. The van der Waals surface area contributed by atoms with Gasteiger partial charge in [-0.1, -0.05) is 15.9 Å². The molecule has 0 radical (unpaired) electrons. The molecule has 0 saturated heterocycles. The second-order valence-electron chi connectivity index (χ2n) is 3.92. The monoisotopic (exact) mass is 292 g/mol. The van der Waals surface area contributed by atoms with Crippen molar-refractivity contribution < 1.29 is 13.6 Å². The van der Waals surface area contributed by atoms with Crippen LogP contribution in [0.3, 0.4) is 0 Å². The predicted octanol–water partition coefficient (Wildman–Crippen LogP) is 2.40. The molecule has 1 aromatic carbocycles. The first kappa shape index (κ1) is 13.1. The van der Waals surface area contributed by atoms with Crippen LogP contribution in [0.4, 0.5) is 14.5 Å². The number of nitrogens with one attached hydrogen (secondary N) is 1. The summed E-state index contributed by atoms with van der Waals surface area (Å²) in [5, 5.41) is 2.11. The zero-order valence-corrected chi connectivity index (χ0v) is 10.4. The Balaban J connectivity index is 3.03. The Morgan fingerprint density at radius 3 is 2.19 bits per heavy atom. The van der Waals surface area contributed by atoms with Gasteiger partial charge in [0.1, 0.15) is 5.69 Å². The van der Waals surface area contributed by atoms with Crippen LogP contribution in [0.5, 0.6) is 0 Å². The maximum Gasteiger partial charge on any atom is 0.244 e. The molecule has 3 N–H and O–H groups in total. The van der Waals surface area contributed by atoms with Crippen molar-refractivity contribution in [3.63, 3.8) is 0 Å². The fraction of sp³-hybridized carbons (Fsp3) is 0.300. The van der Waals surface area contributed by atoms with Crippen LogP contribution in [-0.4, -0.2) is 11.4 Å². The lowest BCUT2D eigenvalue weighted by molar-refractivity contribution is -0.120. The molecule has 0 aliphatic rings. The van der Waals surface area contributed by atoms with Gasteiger partial charge in [0.25, 0.3) is 0 Å². The third-order valence-corrected chi connectivity index (χ3v) is 2.29. The molecule has 0 heterocycles. The second-order valence-corrected chi connectivity index (χ2v) is 4.84. The van der Waals surface area contributed by atoms with Crippen LogP contribution < -0.4 is 11.1 Å². The first-order chi connectivity index (χ1) is 7.21. The summed E-state index contributed by atoms with van der Waals surface area (Å²) in [4.78, 5) is 11.4. The summed E-state index contributed by atoms with van der Waals surface area (Å²) in [6.45, 7) is 2.88. The first-order valence-corrected chi connectivity index (χ1v) is 5.26. The number of nitrogens with two attached hydrogens (primary N) is 1. The molecule has 1 amide bonds. The lowest BCUT2D eigenvalue weighted by Gasteiger charge is -2.18. The second kappa shape index (κ2) is 4.47. The highest BCUT2D eigenvalue weighted by atomic mass is 79.9. The molecule has 0 spiro atoms. The van der Waals surface area contributed by atoms with E-state index >= 15 is 0 Å². The van der Waals surface area contributed by atoms with E-state index in [9.17, 15) is 13.6 Å². The van der Waals surface area contributed by atoms with Gasteiger partial charge in [-0.15, -0.1) is 0 Å². The number of amides is 1. The Hall–Kier alpha value is -1.01. The molecular weight excluding hydrogens is 282 g/mol. The summed E-state index contributed by atoms with van der Waals surface area (Å²) >= 11 is 2.94. The van der Waals surface area contributed by atoms with Crippen molar-refractivity contribution in [1.82, 2.24) is 0 Å². The predicted molar refractivity (Wildman–Crippen MR) is 61.0 cm³/mol. The first-order valence-electron chi connectivity index (χ1n) is 4.46. The average molecular weight is 293 g/mol. The summed E-state index contributed by atoms with van der Waals surface area (Å²) in [5.41, 5.74) is 3.79. The quantitative estimate of drug-likeness (QED) is 0.879. The van der Waals surface area contributed by atoms with Crippen LogP contribution in [-0.2, 0) is 4.79 Å². The number of rotatable bonds is 2.